The zero-order valence-corrected chi connectivity index (χ0v) is 19.4. The van der Waals surface area contributed by atoms with E-state index in [9.17, 15) is 19.8 Å². The van der Waals surface area contributed by atoms with Crippen molar-refractivity contribution in [1.29, 1.82) is 0 Å². The van der Waals surface area contributed by atoms with Crippen molar-refractivity contribution in [2.24, 2.45) is 5.16 Å². The maximum Gasteiger partial charge on any atom is 0.342 e. The number of aromatic hydroxyl groups is 2. The first-order valence-corrected chi connectivity index (χ1v) is 11.6. The van der Waals surface area contributed by atoms with Gasteiger partial charge in [-0.15, -0.1) is 0 Å². The fourth-order valence-electron chi connectivity index (χ4n) is 3.97. The normalized spacial score (nSPS) is 21.4. The third-order valence-corrected chi connectivity index (χ3v) is 5.77. The molecule has 0 atom stereocenters. The van der Waals surface area contributed by atoms with Crippen molar-refractivity contribution in [3.05, 3.63) is 59.7 Å². The highest BCUT2D eigenvalue weighted by atomic mass is 16.6. The minimum absolute atomic E-state index is 0.0375. The maximum absolute atomic E-state index is 12.7. The molecular formula is C26H32N2O6. The maximum atomic E-state index is 12.7. The number of carbonyl (C=O) groups is 2. The highest BCUT2D eigenvalue weighted by Gasteiger charge is 2.21. The molecule has 1 saturated heterocycles. The van der Waals surface area contributed by atoms with Crippen LogP contribution in [0.25, 0.3) is 0 Å². The van der Waals surface area contributed by atoms with Crippen molar-refractivity contribution in [2.45, 2.75) is 44.9 Å². The molecule has 2 heterocycles. The van der Waals surface area contributed by atoms with Crippen LogP contribution in [0.2, 0.25) is 0 Å². The number of phenolic OH excluding ortho intramolecular Hbond substituents is 2. The number of fused-ring (bicyclic) bond motifs is 1. The molecule has 0 aliphatic carbocycles. The topological polar surface area (TPSA) is 109 Å². The third kappa shape index (κ3) is 7.23. The number of oxime groups is 1. The first-order valence-electron chi connectivity index (χ1n) is 11.6. The van der Waals surface area contributed by atoms with Crippen LogP contribution in [-0.4, -0.2) is 59.0 Å². The first-order chi connectivity index (χ1) is 16.5. The summed E-state index contributed by atoms with van der Waals surface area (Å²) in [5.74, 6) is -1.38. The van der Waals surface area contributed by atoms with Gasteiger partial charge in [0.2, 0.25) is 0 Å². The molecule has 1 aromatic rings. The summed E-state index contributed by atoms with van der Waals surface area (Å²) in [5, 5.41) is 24.5. The highest BCUT2D eigenvalue weighted by Crippen LogP contribution is 2.29. The standard InChI is InChI=1S/C26H32N2O6/c1-2-19-9-5-3-6-10-21(27-34-18-24(31)28-12-7-4-8-13-28)15-20-16-22(29)17-23(30)25(20)26(32)33-14-11-19/h2,6,9-10,16-17,29-30H,1,3-5,7-8,11-15,18H2/b10-6+,19-9+,27-21?. The zero-order valence-electron chi connectivity index (χ0n) is 19.4. The Morgan fingerprint density at radius 3 is 2.76 bits per heavy atom. The molecule has 3 rings (SSSR count). The summed E-state index contributed by atoms with van der Waals surface area (Å²) < 4.78 is 5.37. The Bertz CT molecular complexity index is 989. The van der Waals surface area contributed by atoms with Gasteiger partial charge in [-0.25, -0.2) is 4.79 Å². The minimum Gasteiger partial charge on any atom is -0.508 e. The molecule has 0 radical (unpaired) electrons. The van der Waals surface area contributed by atoms with E-state index in [1.807, 2.05) is 12.2 Å². The molecule has 0 saturated carbocycles. The second kappa shape index (κ2) is 12.6. The van der Waals surface area contributed by atoms with Crippen molar-refractivity contribution in [1.82, 2.24) is 4.90 Å². The molecule has 1 amide bonds. The summed E-state index contributed by atoms with van der Waals surface area (Å²) in [6.45, 7) is 5.21. The van der Waals surface area contributed by atoms with E-state index in [1.165, 1.54) is 6.07 Å². The van der Waals surface area contributed by atoms with Crippen molar-refractivity contribution in [3.63, 3.8) is 0 Å². The summed E-state index contributed by atoms with van der Waals surface area (Å²) >= 11 is 0. The quantitative estimate of drug-likeness (QED) is 0.510. The number of carbonyl (C=O) groups excluding carboxylic acids is 2. The number of esters is 1. The number of phenols is 2. The van der Waals surface area contributed by atoms with Gasteiger partial charge in [0.15, 0.2) is 6.61 Å². The zero-order chi connectivity index (χ0) is 24.3. The molecule has 2 aliphatic heterocycles. The predicted octanol–water partition coefficient (Wildman–Crippen LogP) is 4.03. The van der Waals surface area contributed by atoms with E-state index < -0.39 is 5.97 Å². The van der Waals surface area contributed by atoms with Crippen molar-refractivity contribution < 1.29 is 29.4 Å². The molecule has 1 fully saturated rings. The molecule has 0 unspecified atom stereocenters. The van der Waals surface area contributed by atoms with Gasteiger partial charge in [0.25, 0.3) is 5.91 Å². The second-order valence-corrected chi connectivity index (χ2v) is 8.32. The lowest BCUT2D eigenvalue weighted by Gasteiger charge is -2.26. The predicted molar refractivity (Wildman–Crippen MR) is 129 cm³/mol. The summed E-state index contributed by atoms with van der Waals surface area (Å²) in [6.07, 6.45) is 12.7. The molecule has 34 heavy (non-hydrogen) atoms. The van der Waals surface area contributed by atoms with Crippen LogP contribution in [0.5, 0.6) is 11.5 Å². The molecule has 8 nitrogen and oxygen atoms in total. The molecular weight excluding hydrogens is 436 g/mol. The number of hydrogen-bond acceptors (Lipinski definition) is 7. The van der Waals surface area contributed by atoms with Gasteiger partial charge < -0.3 is 24.7 Å². The van der Waals surface area contributed by atoms with Gasteiger partial charge >= 0.3 is 5.97 Å². The van der Waals surface area contributed by atoms with Gasteiger partial charge in [-0.3, -0.25) is 4.79 Å². The molecule has 2 N–H and O–H groups in total. The number of cyclic esters (lactones) is 1. The summed E-state index contributed by atoms with van der Waals surface area (Å²) in [4.78, 5) is 32.3. The monoisotopic (exact) mass is 468 g/mol. The molecule has 1 aromatic carbocycles. The Labute approximate surface area is 199 Å². The van der Waals surface area contributed by atoms with Crippen LogP contribution in [0.15, 0.2) is 53.7 Å². The average Bonchev–Trinajstić information content (AvgIpc) is 2.82. The number of piperidine rings is 1. The van der Waals surface area contributed by atoms with Gasteiger partial charge in [0, 0.05) is 32.0 Å². The smallest absolute Gasteiger partial charge is 0.342 e. The molecule has 2 aliphatic rings. The van der Waals surface area contributed by atoms with E-state index in [-0.39, 0.29) is 42.6 Å². The fourth-order valence-corrected chi connectivity index (χ4v) is 3.97. The Kier molecular flexibility index (Phi) is 9.31. The first kappa shape index (κ1) is 25.1. The van der Waals surface area contributed by atoms with Crippen LogP contribution in [0, 0.1) is 0 Å². The van der Waals surface area contributed by atoms with Crippen molar-refractivity contribution in [3.8, 4) is 11.5 Å². The highest BCUT2D eigenvalue weighted by molar-refractivity contribution is 6.00. The molecule has 0 aromatic heterocycles. The lowest BCUT2D eigenvalue weighted by Crippen LogP contribution is -2.37. The number of rotatable bonds is 4. The Morgan fingerprint density at radius 1 is 1.21 bits per heavy atom. The van der Waals surface area contributed by atoms with Crippen molar-refractivity contribution in [2.75, 3.05) is 26.3 Å². The van der Waals surface area contributed by atoms with Crippen LogP contribution in [-0.2, 0) is 20.8 Å². The lowest BCUT2D eigenvalue weighted by atomic mass is 9.99. The van der Waals surface area contributed by atoms with Crippen LogP contribution in [0.1, 0.15) is 54.4 Å². The fraction of sp³-hybridized carbons (Fsp3) is 0.423. The van der Waals surface area contributed by atoms with E-state index in [1.54, 1.807) is 17.1 Å². The van der Waals surface area contributed by atoms with Crippen LogP contribution < -0.4 is 0 Å². The summed E-state index contributed by atoms with van der Waals surface area (Å²) in [6, 6.07) is 2.48. The van der Waals surface area contributed by atoms with Gasteiger partial charge in [-0.1, -0.05) is 30.0 Å². The molecule has 8 heteroatoms. The summed E-state index contributed by atoms with van der Waals surface area (Å²) in [5.41, 5.74) is 1.70. The average molecular weight is 469 g/mol. The van der Waals surface area contributed by atoms with Gasteiger partial charge in [-0.2, -0.15) is 0 Å². The number of allylic oxidation sites excluding steroid dienone is 4. The van der Waals surface area contributed by atoms with Crippen LogP contribution in [0.4, 0.5) is 0 Å². The number of nitrogens with zero attached hydrogens (tertiary/aromatic N) is 2. The number of ether oxygens (including phenoxy) is 1. The lowest BCUT2D eigenvalue weighted by molar-refractivity contribution is -0.137. The number of likely N-dealkylation sites (tertiary alicyclic amines) is 1. The van der Waals surface area contributed by atoms with E-state index in [0.29, 0.717) is 17.7 Å². The van der Waals surface area contributed by atoms with Gasteiger partial charge in [0.05, 0.1) is 12.3 Å². The van der Waals surface area contributed by atoms with Crippen LogP contribution in [0.3, 0.4) is 0 Å². The van der Waals surface area contributed by atoms with E-state index in [0.717, 1.165) is 56.8 Å². The van der Waals surface area contributed by atoms with Gasteiger partial charge in [-0.05, 0) is 55.4 Å². The van der Waals surface area contributed by atoms with E-state index in [2.05, 4.69) is 11.7 Å². The summed E-state index contributed by atoms with van der Waals surface area (Å²) in [7, 11) is 0. The Morgan fingerprint density at radius 2 is 2.00 bits per heavy atom. The van der Waals surface area contributed by atoms with Gasteiger partial charge in [0.1, 0.15) is 17.1 Å². The molecule has 0 bridgehead atoms. The molecule has 0 spiro atoms. The van der Waals surface area contributed by atoms with E-state index in [4.69, 9.17) is 9.57 Å². The number of amides is 1. The minimum atomic E-state index is -0.697. The van der Waals surface area contributed by atoms with Crippen molar-refractivity contribution >= 4 is 17.6 Å². The number of hydrogen-bond donors (Lipinski definition) is 2. The second-order valence-electron chi connectivity index (χ2n) is 8.32. The SMILES string of the molecule is C=C/C1=C\CC/C=C/C(=NOCC(=O)N2CCCCC2)Cc2cc(O)cc(O)c2C(=O)OCC1. The number of benzene rings is 1. The molecule has 182 valence electrons. The largest absolute Gasteiger partial charge is 0.508 e. The Balaban J connectivity index is 1.84. The Hall–Kier alpha value is -3.55. The van der Waals surface area contributed by atoms with Crippen LogP contribution >= 0.6 is 0 Å². The third-order valence-electron chi connectivity index (χ3n) is 5.77. The van der Waals surface area contributed by atoms with E-state index >= 15 is 0 Å².